The number of carboxylic acids is 1. The van der Waals surface area contributed by atoms with Gasteiger partial charge in [0.1, 0.15) is 4.90 Å². The van der Waals surface area contributed by atoms with Crippen molar-refractivity contribution in [1.29, 1.82) is 0 Å². The van der Waals surface area contributed by atoms with E-state index in [2.05, 4.69) is 0 Å². The molecule has 21 heavy (non-hydrogen) atoms. The topological polar surface area (TPSA) is 74.7 Å². The molecule has 1 aromatic rings. The predicted octanol–water partition coefficient (Wildman–Crippen LogP) is 2.60. The van der Waals surface area contributed by atoms with E-state index in [0.29, 0.717) is 0 Å². The summed E-state index contributed by atoms with van der Waals surface area (Å²) in [6, 6.07) is 1.83. The molecule has 0 unspecified atom stereocenters. The lowest BCUT2D eigenvalue weighted by atomic mass is 9.86. The quantitative estimate of drug-likeness (QED) is 0.897. The largest absolute Gasteiger partial charge is 0.478 e. The second kappa shape index (κ2) is 5.90. The Morgan fingerprint density at radius 1 is 1.48 bits per heavy atom. The van der Waals surface area contributed by atoms with E-state index >= 15 is 0 Å². The van der Waals surface area contributed by atoms with Gasteiger partial charge in [-0.3, -0.25) is 0 Å². The minimum absolute atomic E-state index is 0.135. The first kappa shape index (κ1) is 16.2. The molecule has 1 aromatic carbocycles. The second-order valence-corrected chi connectivity index (χ2v) is 7.60. The minimum Gasteiger partial charge on any atom is -0.478 e. The fraction of sp³-hybridized carbons (Fsp3) is 0.462. The summed E-state index contributed by atoms with van der Waals surface area (Å²) in [5.74, 6) is -2.58. The molecular formula is C13H15ClFNO4S. The van der Waals surface area contributed by atoms with Gasteiger partial charge in [0.05, 0.1) is 5.56 Å². The third kappa shape index (κ3) is 3.20. The number of sulfonamides is 1. The zero-order valence-corrected chi connectivity index (χ0v) is 12.9. The lowest BCUT2D eigenvalue weighted by Gasteiger charge is -2.29. The Labute approximate surface area is 127 Å². The molecule has 0 aromatic heterocycles. The molecule has 0 bridgehead atoms. The molecule has 5 nitrogen and oxygen atoms in total. The van der Waals surface area contributed by atoms with Crippen LogP contribution in [0.25, 0.3) is 0 Å². The van der Waals surface area contributed by atoms with Crippen molar-refractivity contribution in [3.05, 3.63) is 28.5 Å². The zero-order valence-electron chi connectivity index (χ0n) is 11.3. The predicted molar refractivity (Wildman–Crippen MR) is 75.5 cm³/mol. The lowest BCUT2D eigenvalue weighted by molar-refractivity contribution is 0.0691. The monoisotopic (exact) mass is 335 g/mol. The van der Waals surface area contributed by atoms with Gasteiger partial charge in [0, 0.05) is 18.6 Å². The zero-order chi connectivity index (χ0) is 15.8. The van der Waals surface area contributed by atoms with Crippen LogP contribution < -0.4 is 0 Å². The van der Waals surface area contributed by atoms with Crippen molar-refractivity contribution >= 4 is 27.6 Å². The summed E-state index contributed by atoms with van der Waals surface area (Å²) in [6.45, 7) is 0.288. The van der Waals surface area contributed by atoms with Gasteiger partial charge < -0.3 is 5.11 Å². The molecule has 0 atom stereocenters. The fourth-order valence-corrected chi connectivity index (χ4v) is 3.85. The van der Waals surface area contributed by atoms with E-state index in [4.69, 9.17) is 16.7 Å². The van der Waals surface area contributed by atoms with Crippen molar-refractivity contribution in [3.8, 4) is 0 Å². The van der Waals surface area contributed by atoms with Crippen molar-refractivity contribution in [2.45, 2.75) is 24.2 Å². The first-order valence-electron chi connectivity index (χ1n) is 6.42. The SMILES string of the molecule is CN(CC1CCC1)S(=O)(=O)c1cc(Cl)cc(C(=O)O)c1F. The number of hydrogen-bond donors (Lipinski definition) is 1. The van der Waals surface area contributed by atoms with Crippen LogP contribution in [0.5, 0.6) is 0 Å². The summed E-state index contributed by atoms with van der Waals surface area (Å²) in [4.78, 5) is 10.2. The summed E-state index contributed by atoms with van der Waals surface area (Å²) in [5.41, 5.74) is -0.752. The molecule has 1 saturated carbocycles. The van der Waals surface area contributed by atoms with E-state index < -0.39 is 32.3 Å². The highest BCUT2D eigenvalue weighted by Gasteiger charge is 2.31. The van der Waals surface area contributed by atoms with Crippen molar-refractivity contribution < 1.29 is 22.7 Å². The Kier molecular flexibility index (Phi) is 4.55. The third-order valence-electron chi connectivity index (χ3n) is 3.66. The number of carboxylic acid groups (broad SMARTS) is 1. The van der Waals surface area contributed by atoms with E-state index in [9.17, 15) is 17.6 Å². The molecule has 1 fully saturated rings. The Morgan fingerprint density at radius 3 is 2.57 bits per heavy atom. The number of hydrogen-bond acceptors (Lipinski definition) is 3. The molecule has 0 amide bonds. The highest BCUT2D eigenvalue weighted by molar-refractivity contribution is 7.89. The number of aromatic carboxylic acids is 1. The Balaban J connectivity index is 2.41. The summed E-state index contributed by atoms with van der Waals surface area (Å²) in [5, 5.41) is 8.77. The van der Waals surface area contributed by atoms with Gasteiger partial charge in [0.15, 0.2) is 5.82 Å². The maximum Gasteiger partial charge on any atom is 0.338 e. The highest BCUT2D eigenvalue weighted by atomic mass is 35.5. The molecule has 0 aliphatic heterocycles. The van der Waals surface area contributed by atoms with E-state index in [1.54, 1.807) is 0 Å². The fourth-order valence-electron chi connectivity index (χ4n) is 2.21. The van der Waals surface area contributed by atoms with E-state index in [1.165, 1.54) is 7.05 Å². The van der Waals surface area contributed by atoms with Crippen LogP contribution >= 0.6 is 11.6 Å². The van der Waals surface area contributed by atoms with Crippen molar-refractivity contribution in [1.82, 2.24) is 4.31 Å². The van der Waals surface area contributed by atoms with Crippen LogP contribution in [0.2, 0.25) is 5.02 Å². The van der Waals surface area contributed by atoms with Crippen LogP contribution in [-0.2, 0) is 10.0 Å². The van der Waals surface area contributed by atoms with Crippen molar-refractivity contribution in [2.24, 2.45) is 5.92 Å². The average molecular weight is 336 g/mol. The maximum absolute atomic E-state index is 14.1. The molecule has 0 spiro atoms. The van der Waals surface area contributed by atoms with E-state index in [-0.39, 0.29) is 17.5 Å². The second-order valence-electron chi connectivity index (χ2n) is 5.15. The Hall–Kier alpha value is -1.18. The molecule has 1 N–H and O–H groups in total. The molecule has 2 rings (SSSR count). The van der Waals surface area contributed by atoms with Crippen LogP contribution in [-0.4, -0.2) is 37.4 Å². The first-order chi connectivity index (χ1) is 9.73. The number of halogens is 2. The molecule has 0 radical (unpaired) electrons. The van der Waals surface area contributed by atoms with Gasteiger partial charge in [-0.25, -0.2) is 21.9 Å². The van der Waals surface area contributed by atoms with Gasteiger partial charge >= 0.3 is 5.97 Å². The first-order valence-corrected chi connectivity index (χ1v) is 8.24. The molecule has 0 heterocycles. The van der Waals surface area contributed by atoms with Crippen LogP contribution in [0.15, 0.2) is 17.0 Å². The van der Waals surface area contributed by atoms with E-state index in [1.807, 2.05) is 0 Å². The summed E-state index contributed by atoms with van der Waals surface area (Å²) < 4.78 is 40.0. The maximum atomic E-state index is 14.1. The van der Waals surface area contributed by atoms with Gasteiger partial charge in [-0.15, -0.1) is 0 Å². The van der Waals surface area contributed by atoms with Crippen LogP contribution in [0.1, 0.15) is 29.6 Å². The van der Waals surface area contributed by atoms with Gasteiger partial charge in [0.25, 0.3) is 0 Å². The number of carbonyl (C=O) groups is 1. The third-order valence-corrected chi connectivity index (χ3v) is 5.70. The smallest absolute Gasteiger partial charge is 0.338 e. The minimum atomic E-state index is -4.11. The Morgan fingerprint density at radius 2 is 2.10 bits per heavy atom. The van der Waals surface area contributed by atoms with Crippen molar-refractivity contribution in [3.63, 3.8) is 0 Å². The lowest BCUT2D eigenvalue weighted by Crippen LogP contribution is -2.35. The molecule has 116 valence electrons. The average Bonchev–Trinajstić information content (AvgIpc) is 2.35. The number of nitrogens with zero attached hydrogens (tertiary/aromatic N) is 1. The molecule has 1 aliphatic carbocycles. The van der Waals surface area contributed by atoms with Gasteiger partial charge in [-0.05, 0) is 30.9 Å². The number of rotatable bonds is 5. The normalized spacial score (nSPS) is 16.0. The van der Waals surface area contributed by atoms with Gasteiger partial charge in [-0.1, -0.05) is 18.0 Å². The highest BCUT2D eigenvalue weighted by Crippen LogP contribution is 2.30. The standard InChI is InChI=1S/C13H15ClFNO4S/c1-16(7-8-3-2-4-8)21(19,20)11-6-9(14)5-10(12(11)15)13(17)18/h5-6,8H,2-4,7H2,1H3,(H,17,18). The van der Waals surface area contributed by atoms with Crippen molar-refractivity contribution in [2.75, 3.05) is 13.6 Å². The van der Waals surface area contributed by atoms with Crippen LogP contribution in [0.4, 0.5) is 4.39 Å². The molecular weight excluding hydrogens is 321 g/mol. The number of benzene rings is 1. The summed E-state index contributed by atoms with van der Waals surface area (Å²) >= 11 is 5.71. The van der Waals surface area contributed by atoms with E-state index in [0.717, 1.165) is 35.7 Å². The van der Waals surface area contributed by atoms with Gasteiger partial charge in [0.2, 0.25) is 10.0 Å². The Bertz CT molecular complexity index is 673. The van der Waals surface area contributed by atoms with Crippen LogP contribution in [0.3, 0.4) is 0 Å². The van der Waals surface area contributed by atoms with Crippen LogP contribution in [0, 0.1) is 11.7 Å². The summed E-state index contributed by atoms with van der Waals surface area (Å²) in [7, 11) is -2.75. The molecule has 1 aliphatic rings. The molecule has 8 heteroatoms. The van der Waals surface area contributed by atoms with Gasteiger partial charge in [-0.2, -0.15) is 0 Å². The molecule has 0 saturated heterocycles. The summed E-state index contributed by atoms with van der Waals surface area (Å²) in [6.07, 6.45) is 2.95.